The Morgan fingerprint density at radius 1 is 1.21 bits per heavy atom. The van der Waals surface area contributed by atoms with Crippen molar-refractivity contribution in [1.82, 2.24) is 5.32 Å². The second-order valence-electron chi connectivity index (χ2n) is 3.33. The number of hydrogen-bond donors (Lipinski definition) is 1. The van der Waals surface area contributed by atoms with Gasteiger partial charge >= 0.3 is 0 Å². The van der Waals surface area contributed by atoms with Gasteiger partial charge in [-0.1, -0.05) is 50.3 Å². The van der Waals surface area contributed by atoms with Crippen LogP contribution in [0.1, 0.15) is 32.3 Å². The van der Waals surface area contributed by atoms with E-state index in [0.29, 0.717) is 0 Å². The molecule has 1 aromatic carbocycles. The summed E-state index contributed by atoms with van der Waals surface area (Å²) in [6, 6.07) is 10.5. The molecule has 0 radical (unpaired) electrons. The molecule has 0 saturated carbocycles. The average molecular weight is 189 g/mol. The highest BCUT2D eigenvalue weighted by Crippen LogP contribution is 2.02. The Labute approximate surface area is 86.8 Å². The first-order valence-corrected chi connectivity index (χ1v) is 5.33. The van der Waals surface area contributed by atoms with Crippen LogP contribution in [0.25, 0.3) is 0 Å². The molecule has 1 rings (SSSR count). The Morgan fingerprint density at radius 2 is 1.93 bits per heavy atom. The maximum Gasteiger partial charge on any atom is 0.0397 e. The highest BCUT2D eigenvalue weighted by atomic mass is 14.9. The van der Waals surface area contributed by atoms with Gasteiger partial charge in [-0.05, 0) is 18.4 Å². The fourth-order valence-electron chi connectivity index (χ4n) is 1.40. The first-order valence-electron chi connectivity index (χ1n) is 5.33. The summed E-state index contributed by atoms with van der Waals surface area (Å²) in [5.74, 6) is 0. The predicted octanol–water partition coefficient (Wildman–Crippen LogP) is 3.48. The van der Waals surface area contributed by atoms with Gasteiger partial charge in [0.25, 0.3) is 0 Å². The fraction of sp³-hybridized carbons (Fsp3) is 0.385. The van der Waals surface area contributed by atoms with Crippen LogP contribution in [0.3, 0.4) is 0 Å². The minimum absolute atomic E-state index is 0.931. The first kappa shape index (κ1) is 10.8. The number of hydrogen-bond acceptors (Lipinski definition) is 1. The van der Waals surface area contributed by atoms with Crippen LogP contribution in [0.2, 0.25) is 0 Å². The van der Waals surface area contributed by atoms with E-state index in [1.165, 1.54) is 11.3 Å². The SMILES string of the molecule is CC/C=C(\CC)NCc1ccccc1. The summed E-state index contributed by atoms with van der Waals surface area (Å²) in [4.78, 5) is 0. The lowest BCUT2D eigenvalue weighted by Gasteiger charge is -2.08. The molecule has 0 unspecified atom stereocenters. The third kappa shape index (κ3) is 3.65. The van der Waals surface area contributed by atoms with Crippen molar-refractivity contribution in [3.05, 3.63) is 47.7 Å². The van der Waals surface area contributed by atoms with Crippen LogP contribution >= 0.6 is 0 Å². The van der Waals surface area contributed by atoms with E-state index in [0.717, 1.165) is 19.4 Å². The molecule has 1 N–H and O–H groups in total. The minimum atomic E-state index is 0.931. The molecule has 0 aliphatic carbocycles. The van der Waals surface area contributed by atoms with Crippen LogP contribution in [-0.4, -0.2) is 0 Å². The van der Waals surface area contributed by atoms with Gasteiger partial charge < -0.3 is 5.32 Å². The van der Waals surface area contributed by atoms with Gasteiger partial charge in [-0.3, -0.25) is 0 Å². The third-order valence-electron chi connectivity index (χ3n) is 2.19. The zero-order valence-electron chi connectivity index (χ0n) is 9.09. The van der Waals surface area contributed by atoms with E-state index >= 15 is 0 Å². The van der Waals surface area contributed by atoms with E-state index in [1.54, 1.807) is 0 Å². The zero-order chi connectivity index (χ0) is 10.2. The van der Waals surface area contributed by atoms with Gasteiger partial charge in [0.05, 0.1) is 0 Å². The lowest BCUT2D eigenvalue weighted by Crippen LogP contribution is -2.11. The lowest BCUT2D eigenvalue weighted by molar-refractivity contribution is 0.765. The number of nitrogens with one attached hydrogen (secondary N) is 1. The molecule has 0 fully saturated rings. The van der Waals surface area contributed by atoms with Crippen molar-refractivity contribution in [2.45, 2.75) is 33.2 Å². The predicted molar refractivity (Wildman–Crippen MR) is 61.9 cm³/mol. The highest BCUT2D eigenvalue weighted by Gasteiger charge is 1.93. The van der Waals surface area contributed by atoms with Crippen molar-refractivity contribution in [3.8, 4) is 0 Å². The Bertz CT molecular complexity index is 275. The van der Waals surface area contributed by atoms with Gasteiger partial charge in [-0.15, -0.1) is 0 Å². The monoisotopic (exact) mass is 189 g/mol. The van der Waals surface area contributed by atoms with Crippen molar-refractivity contribution < 1.29 is 0 Å². The number of allylic oxidation sites excluding steroid dienone is 2. The molecule has 1 nitrogen and oxygen atoms in total. The van der Waals surface area contributed by atoms with E-state index in [4.69, 9.17) is 0 Å². The molecule has 0 aliphatic heterocycles. The van der Waals surface area contributed by atoms with Crippen LogP contribution in [0.15, 0.2) is 42.1 Å². The maximum atomic E-state index is 3.45. The van der Waals surface area contributed by atoms with Crippen LogP contribution in [0.5, 0.6) is 0 Å². The van der Waals surface area contributed by atoms with Crippen molar-refractivity contribution in [3.63, 3.8) is 0 Å². The Kier molecular flexibility index (Phi) is 4.84. The van der Waals surface area contributed by atoms with Crippen LogP contribution in [0.4, 0.5) is 0 Å². The van der Waals surface area contributed by atoms with Crippen molar-refractivity contribution >= 4 is 0 Å². The van der Waals surface area contributed by atoms with Gasteiger partial charge in [0.2, 0.25) is 0 Å². The Morgan fingerprint density at radius 3 is 2.50 bits per heavy atom. The lowest BCUT2D eigenvalue weighted by atomic mass is 10.2. The zero-order valence-corrected chi connectivity index (χ0v) is 9.09. The molecule has 0 spiro atoms. The van der Waals surface area contributed by atoms with E-state index in [-0.39, 0.29) is 0 Å². The smallest absolute Gasteiger partial charge is 0.0397 e. The molecule has 0 atom stereocenters. The summed E-state index contributed by atoms with van der Waals surface area (Å²) in [5.41, 5.74) is 2.68. The Balaban J connectivity index is 2.44. The molecule has 0 saturated heterocycles. The van der Waals surface area contributed by atoms with Crippen LogP contribution in [-0.2, 0) is 6.54 Å². The van der Waals surface area contributed by atoms with Gasteiger partial charge in [-0.25, -0.2) is 0 Å². The third-order valence-corrected chi connectivity index (χ3v) is 2.19. The van der Waals surface area contributed by atoms with Gasteiger partial charge in [-0.2, -0.15) is 0 Å². The molecule has 1 aromatic rings. The highest BCUT2D eigenvalue weighted by molar-refractivity contribution is 5.15. The second kappa shape index (κ2) is 6.25. The van der Waals surface area contributed by atoms with Crippen LogP contribution < -0.4 is 5.32 Å². The van der Waals surface area contributed by atoms with E-state index in [9.17, 15) is 0 Å². The van der Waals surface area contributed by atoms with Crippen molar-refractivity contribution in [1.29, 1.82) is 0 Å². The van der Waals surface area contributed by atoms with E-state index < -0.39 is 0 Å². The average Bonchev–Trinajstić information content (AvgIpc) is 2.25. The molecule has 0 amide bonds. The fourth-order valence-corrected chi connectivity index (χ4v) is 1.40. The summed E-state index contributed by atoms with van der Waals surface area (Å²) >= 11 is 0. The summed E-state index contributed by atoms with van der Waals surface area (Å²) < 4.78 is 0. The largest absolute Gasteiger partial charge is 0.385 e. The quantitative estimate of drug-likeness (QED) is 0.747. The second-order valence-corrected chi connectivity index (χ2v) is 3.33. The van der Waals surface area contributed by atoms with Crippen molar-refractivity contribution in [2.75, 3.05) is 0 Å². The molecule has 76 valence electrons. The van der Waals surface area contributed by atoms with Crippen LogP contribution in [0, 0.1) is 0 Å². The molecule has 0 aromatic heterocycles. The summed E-state index contributed by atoms with van der Waals surface area (Å²) in [7, 11) is 0. The van der Waals surface area contributed by atoms with E-state index in [1.807, 2.05) is 6.07 Å². The molecule has 0 bridgehead atoms. The molecular formula is C13H19N. The topological polar surface area (TPSA) is 12.0 Å². The standard InChI is InChI=1S/C13H19N/c1-3-8-13(4-2)14-11-12-9-6-5-7-10-12/h5-10,14H,3-4,11H2,1-2H3/b13-8+. The van der Waals surface area contributed by atoms with Crippen molar-refractivity contribution in [2.24, 2.45) is 0 Å². The summed E-state index contributed by atoms with van der Waals surface area (Å²) in [6.07, 6.45) is 4.44. The Hall–Kier alpha value is -1.24. The maximum absolute atomic E-state index is 3.45. The molecular weight excluding hydrogens is 170 g/mol. The molecule has 0 aliphatic rings. The molecule has 0 heterocycles. The normalized spacial score (nSPS) is 11.4. The summed E-state index contributed by atoms with van der Waals surface area (Å²) in [6.45, 7) is 5.28. The molecule has 14 heavy (non-hydrogen) atoms. The van der Waals surface area contributed by atoms with Gasteiger partial charge in [0.15, 0.2) is 0 Å². The van der Waals surface area contributed by atoms with E-state index in [2.05, 4.69) is 49.5 Å². The number of benzene rings is 1. The number of rotatable bonds is 5. The first-order chi connectivity index (χ1) is 6.86. The van der Waals surface area contributed by atoms with Gasteiger partial charge in [0, 0.05) is 12.2 Å². The van der Waals surface area contributed by atoms with Gasteiger partial charge in [0.1, 0.15) is 0 Å². The summed E-state index contributed by atoms with van der Waals surface area (Å²) in [5, 5.41) is 3.45. The molecule has 1 heteroatoms. The minimum Gasteiger partial charge on any atom is -0.385 e.